The van der Waals surface area contributed by atoms with Gasteiger partial charge in [-0.3, -0.25) is 9.78 Å². The zero-order valence-corrected chi connectivity index (χ0v) is 16.9. The first kappa shape index (κ1) is 19.6. The van der Waals surface area contributed by atoms with Crippen molar-refractivity contribution >= 4 is 17.3 Å². The fourth-order valence-corrected chi connectivity index (χ4v) is 3.24. The molecule has 1 heterocycles. The third kappa shape index (κ3) is 4.58. The molecule has 4 nitrogen and oxygen atoms in total. The van der Waals surface area contributed by atoms with E-state index < -0.39 is 0 Å². The summed E-state index contributed by atoms with van der Waals surface area (Å²) in [5.74, 6) is 0.190. The molecule has 1 aromatic heterocycles. The van der Waals surface area contributed by atoms with Gasteiger partial charge in [-0.2, -0.15) is 0 Å². The number of pyridine rings is 1. The molecule has 0 bridgehead atoms. The average Bonchev–Trinajstić information content (AvgIpc) is 2.70. The maximum atomic E-state index is 12.9. The number of para-hydroxylation sites is 1. The number of hydrogen-bond acceptors (Lipinski definition) is 3. The van der Waals surface area contributed by atoms with Crippen LogP contribution < -0.4 is 10.2 Å². The van der Waals surface area contributed by atoms with Crippen LogP contribution in [0.2, 0.25) is 0 Å². The van der Waals surface area contributed by atoms with Gasteiger partial charge in [-0.15, -0.1) is 0 Å². The van der Waals surface area contributed by atoms with Gasteiger partial charge in [-0.1, -0.05) is 62.4 Å². The van der Waals surface area contributed by atoms with E-state index in [1.54, 1.807) is 12.4 Å². The Balaban J connectivity index is 1.80. The Bertz CT molecular complexity index is 951. The predicted octanol–water partition coefficient (Wildman–Crippen LogP) is 5.40. The lowest BCUT2D eigenvalue weighted by Crippen LogP contribution is -2.19. The molecular formula is C24H27N3O. The van der Waals surface area contributed by atoms with Crippen molar-refractivity contribution in [2.75, 3.05) is 17.3 Å². The van der Waals surface area contributed by atoms with E-state index in [-0.39, 0.29) is 5.91 Å². The van der Waals surface area contributed by atoms with Crippen LogP contribution >= 0.6 is 0 Å². The van der Waals surface area contributed by atoms with Crippen LogP contribution in [0, 0.1) is 6.92 Å². The van der Waals surface area contributed by atoms with Crippen LogP contribution in [0.4, 0.5) is 11.4 Å². The summed E-state index contributed by atoms with van der Waals surface area (Å²) in [5.41, 5.74) is 5.76. The van der Waals surface area contributed by atoms with Crippen LogP contribution in [-0.4, -0.2) is 17.9 Å². The fraction of sp³-hybridized carbons (Fsp3) is 0.250. The maximum absolute atomic E-state index is 12.9. The summed E-state index contributed by atoms with van der Waals surface area (Å²) >= 11 is 0. The van der Waals surface area contributed by atoms with Crippen LogP contribution in [0.3, 0.4) is 0 Å². The van der Waals surface area contributed by atoms with Crippen molar-refractivity contribution in [1.82, 2.24) is 4.98 Å². The summed E-state index contributed by atoms with van der Waals surface area (Å²) in [5, 5.41) is 3.09. The van der Waals surface area contributed by atoms with Crippen LogP contribution in [0.25, 0.3) is 0 Å². The number of aryl methyl sites for hydroxylation is 1. The predicted molar refractivity (Wildman–Crippen MR) is 116 cm³/mol. The van der Waals surface area contributed by atoms with Gasteiger partial charge in [0.25, 0.3) is 5.91 Å². The van der Waals surface area contributed by atoms with E-state index in [2.05, 4.69) is 47.2 Å². The number of carbonyl (C=O) groups is 1. The van der Waals surface area contributed by atoms with Crippen LogP contribution in [-0.2, 0) is 6.54 Å². The van der Waals surface area contributed by atoms with Gasteiger partial charge in [0.1, 0.15) is 0 Å². The number of rotatable bonds is 6. The molecular weight excluding hydrogens is 346 g/mol. The van der Waals surface area contributed by atoms with E-state index in [9.17, 15) is 4.79 Å². The lowest BCUT2D eigenvalue weighted by molar-refractivity contribution is 0.102. The minimum Gasteiger partial charge on any atom is -0.369 e. The van der Waals surface area contributed by atoms with Crippen molar-refractivity contribution in [1.29, 1.82) is 0 Å². The zero-order chi connectivity index (χ0) is 20.1. The first-order chi connectivity index (χ1) is 13.5. The molecule has 0 radical (unpaired) electrons. The molecule has 144 valence electrons. The molecule has 0 aliphatic rings. The molecule has 0 saturated carbocycles. The van der Waals surface area contributed by atoms with Crippen LogP contribution in [0.15, 0.2) is 67.0 Å². The minimum atomic E-state index is -0.140. The van der Waals surface area contributed by atoms with Gasteiger partial charge in [-0.25, -0.2) is 0 Å². The Hall–Kier alpha value is -3.14. The largest absolute Gasteiger partial charge is 0.369 e. The lowest BCUT2D eigenvalue weighted by atomic mass is 9.98. The number of benzene rings is 2. The number of amides is 1. The van der Waals surface area contributed by atoms with E-state index >= 15 is 0 Å². The fourth-order valence-electron chi connectivity index (χ4n) is 3.24. The third-order valence-electron chi connectivity index (χ3n) is 4.85. The molecule has 3 rings (SSSR count). The number of nitrogens with zero attached hydrogens (tertiary/aromatic N) is 2. The highest BCUT2D eigenvalue weighted by Gasteiger charge is 2.14. The summed E-state index contributed by atoms with van der Waals surface area (Å²) in [6, 6.07) is 18.2. The summed E-state index contributed by atoms with van der Waals surface area (Å²) in [4.78, 5) is 19.3. The van der Waals surface area contributed by atoms with E-state index in [1.807, 2.05) is 50.4 Å². The van der Waals surface area contributed by atoms with E-state index in [0.29, 0.717) is 11.5 Å². The molecule has 1 N–H and O–H groups in total. The minimum absolute atomic E-state index is 0.140. The van der Waals surface area contributed by atoms with Crippen molar-refractivity contribution in [2.45, 2.75) is 33.2 Å². The molecule has 0 atom stereocenters. The maximum Gasteiger partial charge on any atom is 0.257 e. The van der Waals surface area contributed by atoms with Gasteiger partial charge >= 0.3 is 0 Å². The third-order valence-corrected chi connectivity index (χ3v) is 4.85. The van der Waals surface area contributed by atoms with Crippen LogP contribution in [0.5, 0.6) is 0 Å². The van der Waals surface area contributed by atoms with Crippen molar-refractivity contribution < 1.29 is 4.79 Å². The number of anilines is 2. The second-order valence-corrected chi connectivity index (χ2v) is 7.42. The molecule has 3 aromatic rings. The molecule has 0 aliphatic heterocycles. The Morgan fingerprint density at radius 3 is 2.54 bits per heavy atom. The van der Waals surface area contributed by atoms with Gasteiger partial charge in [0.2, 0.25) is 0 Å². The second kappa shape index (κ2) is 8.70. The molecule has 2 aromatic carbocycles. The molecule has 0 aliphatic carbocycles. The highest BCUT2D eigenvalue weighted by atomic mass is 16.1. The number of aromatic nitrogens is 1. The van der Waals surface area contributed by atoms with E-state index in [0.717, 1.165) is 29.0 Å². The topological polar surface area (TPSA) is 45.2 Å². The van der Waals surface area contributed by atoms with Gasteiger partial charge < -0.3 is 10.2 Å². The summed E-state index contributed by atoms with van der Waals surface area (Å²) in [6.07, 6.45) is 3.40. The monoisotopic (exact) mass is 373 g/mol. The van der Waals surface area contributed by atoms with E-state index in [4.69, 9.17) is 0 Å². The second-order valence-electron chi connectivity index (χ2n) is 7.42. The van der Waals surface area contributed by atoms with Crippen molar-refractivity contribution in [2.24, 2.45) is 0 Å². The molecule has 0 unspecified atom stereocenters. The lowest BCUT2D eigenvalue weighted by Gasteiger charge is -2.20. The van der Waals surface area contributed by atoms with Crippen molar-refractivity contribution in [3.05, 3.63) is 89.2 Å². The quantitative estimate of drug-likeness (QED) is 0.629. The Labute approximate surface area is 167 Å². The highest BCUT2D eigenvalue weighted by molar-refractivity contribution is 6.05. The molecule has 0 saturated heterocycles. The molecule has 4 heteroatoms. The summed E-state index contributed by atoms with van der Waals surface area (Å²) < 4.78 is 0. The van der Waals surface area contributed by atoms with E-state index in [1.165, 1.54) is 5.56 Å². The Morgan fingerprint density at radius 2 is 1.82 bits per heavy atom. The first-order valence-electron chi connectivity index (χ1n) is 9.56. The van der Waals surface area contributed by atoms with Gasteiger partial charge in [0.15, 0.2) is 0 Å². The smallest absolute Gasteiger partial charge is 0.257 e. The zero-order valence-electron chi connectivity index (χ0n) is 16.9. The highest BCUT2D eigenvalue weighted by Crippen LogP contribution is 2.28. The average molecular weight is 374 g/mol. The number of hydrogen-bond donors (Lipinski definition) is 1. The van der Waals surface area contributed by atoms with Crippen molar-refractivity contribution in [3.8, 4) is 0 Å². The Kier molecular flexibility index (Phi) is 6.09. The summed E-state index contributed by atoms with van der Waals surface area (Å²) in [6.45, 7) is 7.03. The number of carbonyl (C=O) groups excluding carboxylic acids is 1. The van der Waals surface area contributed by atoms with Crippen molar-refractivity contribution in [3.63, 3.8) is 0 Å². The number of nitrogens with one attached hydrogen (secondary N) is 1. The molecule has 1 amide bonds. The normalized spacial score (nSPS) is 10.8. The van der Waals surface area contributed by atoms with Crippen LogP contribution in [0.1, 0.15) is 46.8 Å². The van der Waals surface area contributed by atoms with Gasteiger partial charge in [-0.05, 0) is 35.6 Å². The SMILES string of the molecule is Cc1cccc(C(C)C)c1NC(=O)c1cncc(N(C)Cc2ccccc2)c1. The standard InChI is InChI=1S/C24H27N3O/c1-17(2)22-12-8-9-18(3)23(22)26-24(28)20-13-21(15-25-14-20)27(4)16-19-10-6-5-7-11-19/h5-15,17H,16H2,1-4H3,(H,26,28). The molecule has 0 spiro atoms. The first-order valence-corrected chi connectivity index (χ1v) is 9.56. The molecule has 28 heavy (non-hydrogen) atoms. The Morgan fingerprint density at radius 1 is 1.07 bits per heavy atom. The van der Waals surface area contributed by atoms with Gasteiger partial charge in [0.05, 0.1) is 17.4 Å². The summed E-state index contributed by atoms with van der Waals surface area (Å²) in [7, 11) is 2.00. The van der Waals surface area contributed by atoms with Gasteiger partial charge in [0, 0.05) is 25.5 Å². The molecule has 0 fully saturated rings.